The largest absolute Gasteiger partial charge is 0.282 e. The fourth-order valence-electron chi connectivity index (χ4n) is 1.30. The Morgan fingerprint density at radius 2 is 1.93 bits per heavy atom. The molecule has 1 aromatic heterocycles. The molecule has 1 nitrogen and oxygen atoms in total. The first-order valence-corrected chi connectivity index (χ1v) is 7.36. The SMILES string of the molecule is Fc1ccccc1-c1cccn1SI. The van der Waals surface area contributed by atoms with Gasteiger partial charge in [0, 0.05) is 42.1 Å². The van der Waals surface area contributed by atoms with E-state index in [2.05, 4.69) is 21.2 Å². The minimum atomic E-state index is -0.182. The lowest BCUT2D eigenvalue weighted by Crippen LogP contribution is -1.88. The molecule has 72 valence electrons. The molecule has 0 bridgehead atoms. The van der Waals surface area contributed by atoms with E-state index in [1.165, 1.54) is 15.2 Å². The van der Waals surface area contributed by atoms with Gasteiger partial charge in [0.05, 0.1) is 5.69 Å². The average Bonchev–Trinajstić information content (AvgIpc) is 2.66. The van der Waals surface area contributed by atoms with E-state index in [-0.39, 0.29) is 5.82 Å². The second kappa shape index (κ2) is 4.35. The standard InChI is InChI=1S/C10H7FINS/c11-9-5-2-1-4-8(9)10-6-3-7-13(10)14-12/h1-7H. The molecule has 4 heteroatoms. The van der Waals surface area contributed by atoms with E-state index in [1.807, 2.05) is 28.4 Å². The molecule has 0 unspecified atom stereocenters. The molecule has 0 spiro atoms. The lowest BCUT2D eigenvalue weighted by Gasteiger charge is -2.04. The van der Waals surface area contributed by atoms with Crippen molar-refractivity contribution in [3.05, 3.63) is 48.4 Å². The first kappa shape index (κ1) is 10.0. The lowest BCUT2D eigenvalue weighted by molar-refractivity contribution is 0.630. The van der Waals surface area contributed by atoms with Gasteiger partial charge in [0.25, 0.3) is 0 Å². The molecule has 0 radical (unpaired) electrons. The van der Waals surface area contributed by atoms with Crippen LogP contribution in [0.4, 0.5) is 4.39 Å². The number of halogens is 2. The molecule has 2 rings (SSSR count). The van der Waals surface area contributed by atoms with Gasteiger partial charge < -0.3 is 0 Å². The van der Waals surface area contributed by atoms with E-state index in [1.54, 1.807) is 12.1 Å². The number of nitrogens with zero attached hydrogens (tertiary/aromatic N) is 1. The fraction of sp³-hybridized carbons (Fsp3) is 0. The molecule has 14 heavy (non-hydrogen) atoms. The predicted molar refractivity (Wildman–Crippen MR) is 66.8 cm³/mol. The van der Waals surface area contributed by atoms with Crippen molar-refractivity contribution in [3.63, 3.8) is 0 Å². The Balaban J connectivity index is 2.54. The summed E-state index contributed by atoms with van der Waals surface area (Å²) < 4.78 is 15.4. The molecule has 0 aliphatic heterocycles. The molecular weight excluding hydrogens is 312 g/mol. The Morgan fingerprint density at radius 1 is 1.14 bits per heavy atom. The number of benzene rings is 1. The summed E-state index contributed by atoms with van der Waals surface area (Å²) in [4.78, 5) is 0. The Kier molecular flexibility index (Phi) is 3.12. The van der Waals surface area contributed by atoms with Crippen LogP contribution in [0, 0.1) is 5.82 Å². The van der Waals surface area contributed by atoms with E-state index >= 15 is 0 Å². The first-order chi connectivity index (χ1) is 6.83. The van der Waals surface area contributed by atoms with Crippen molar-refractivity contribution in [1.29, 1.82) is 0 Å². The third-order valence-corrected chi connectivity index (χ3v) is 3.68. The zero-order chi connectivity index (χ0) is 9.97. The van der Waals surface area contributed by atoms with E-state index < -0.39 is 0 Å². The highest BCUT2D eigenvalue weighted by atomic mass is 127. The molecule has 0 aliphatic rings. The van der Waals surface area contributed by atoms with Crippen molar-refractivity contribution in [2.24, 2.45) is 0 Å². The van der Waals surface area contributed by atoms with Crippen LogP contribution in [0.15, 0.2) is 42.6 Å². The summed E-state index contributed by atoms with van der Waals surface area (Å²) in [6, 6.07) is 10.6. The smallest absolute Gasteiger partial charge is 0.132 e. The summed E-state index contributed by atoms with van der Waals surface area (Å²) >= 11 is 2.17. The monoisotopic (exact) mass is 319 g/mol. The molecule has 1 aromatic carbocycles. The Hall–Kier alpha value is -0.490. The molecule has 2 aromatic rings. The van der Waals surface area contributed by atoms with Crippen molar-refractivity contribution in [2.45, 2.75) is 0 Å². The van der Waals surface area contributed by atoms with Crippen molar-refractivity contribution < 1.29 is 4.39 Å². The summed E-state index contributed by atoms with van der Waals surface area (Å²) in [7, 11) is 1.53. The maximum atomic E-state index is 13.4. The van der Waals surface area contributed by atoms with Crippen molar-refractivity contribution in [1.82, 2.24) is 3.97 Å². The van der Waals surface area contributed by atoms with Gasteiger partial charge in [-0.1, -0.05) is 12.1 Å². The lowest BCUT2D eigenvalue weighted by atomic mass is 10.1. The van der Waals surface area contributed by atoms with Gasteiger partial charge in [-0.25, -0.2) is 4.39 Å². The Labute approximate surface area is 98.0 Å². The fourth-order valence-corrected chi connectivity index (χ4v) is 2.68. The minimum absolute atomic E-state index is 0.182. The highest BCUT2D eigenvalue weighted by molar-refractivity contribution is 14.2. The zero-order valence-electron chi connectivity index (χ0n) is 7.15. The number of aromatic nitrogens is 1. The zero-order valence-corrected chi connectivity index (χ0v) is 10.1. The van der Waals surface area contributed by atoms with Gasteiger partial charge in [-0.2, -0.15) is 0 Å². The highest BCUT2D eigenvalue weighted by Crippen LogP contribution is 2.28. The first-order valence-electron chi connectivity index (χ1n) is 4.04. The van der Waals surface area contributed by atoms with Crippen LogP contribution in [0.3, 0.4) is 0 Å². The molecule has 0 N–H and O–H groups in total. The van der Waals surface area contributed by atoms with Gasteiger partial charge in [0.15, 0.2) is 0 Å². The minimum Gasteiger partial charge on any atom is -0.282 e. The third-order valence-electron chi connectivity index (χ3n) is 1.94. The second-order valence-corrected chi connectivity index (χ2v) is 4.48. The molecule has 0 aliphatic carbocycles. The summed E-state index contributed by atoms with van der Waals surface area (Å²) in [6.45, 7) is 0. The van der Waals surface area contributed by atoms with E-state index in [0.29, 0.717) is 5.56 Å². The van der Waals surface area contributed by atoms with E-state index in [0.717, 1.165) is 5.69 Å². The van der Waals surface area contributed by atoms with Gasteiger partial charge >= 0.3 is 0 Å². The topological polar surface area (TPSA) is 4.93 Å². The van der Waals surface area contributed by atoms with E-state index in [4.69, 9.17) is 0 Å². The van der Waals surface area contributed by atoms with Gasteiger partial charge in [-0.05, 0) is 24.3 Å². The molecule has 0 atom stereocenters. The molecule has 0 fully saturated rings. The molecule has 0 amide bonds. The Bertz CT molecular complexity index is 441. The van der Waals surface area contributed by atoms with Crippen LogP contribution in [-0.4, -0.2) is 3.97 Å². The van der Waals surface area contributed by atoms with Gasteiger partial charge in [-0.3, -0.25) is 3.97 Å². The number of hydrogen-bond acceptors (Lipinski definition) is 1. The van der Waals surface area contributed by atoms with E-state index in [9.17, 15) is 4.39 Å². The Morgan fingerprint density at radius 3 is 2.64 bits per heavy atom. The quantitative estimate of drug-likeness (QED) is 0.753. The van der Waals surface area contributed by atoms with Crippen LogP contribution in [0.25, 0.3) is 11.3 Å². The molecule has 0 saturated heterocycles. The molecule has 1 heterocycles. The van der Waals surface area contributed by atoms with Crippen LogP contribution < -0.4 is 0 Å². The summed E-state index contributed by atoms with van der Waals surface area (Å²) in [6.07, 6.45) is 1.92. The summed E-state index contributed by atoms with van der Waals surface area (Å²) in [5.74, 6) is -0.182. The van der Waals surface area contributed by atoms with Crippen molar-refractivity contribution in [2.75, 3.05) is 0 Å². The molecular formula is C10H7FINS. The average molecular weight is 319 g/mol. The number of rotatable bonds is 2. The number of hydrogen-bond donors (Lipinski definition) is 0. The van der Waals surface area contributed by atoms with Crippen molar-refractivity contribution >= 4 is 30.3 Å². The predicted octanol–water partition coefficient (Wildman–Crippen LogP) is 4.14. The van der Waals surface area contributed by atoms with Crippen LogP contribution >= 0.6 is 30.3 Å². The van der Waals surface area contributed by atoms with Gasteiger partial charge in [-0.15, -0.1) is 0 Å². The molecule has 0 saturated carbocycles. The van der Waals surface area contributed by atoms with Crippen LogP contribution in [0.1, 0.15) is 0 Å². The normalized spacial score (nSPS) is 10.4. The summed E-state index contributed by atoms with van der Waals surface area (Å²) in [5, 5.41) is 0. The third kappa shape index (κ3) is 1.81. The second-order valence-electron chi connectivity index (χ2n) is 2.77. The van der Waals surface area contributed by atoms with Crippen LogP contribution in [0.2, 0.25) is 0 Å². The maximum Gasteiger partial charge on any atom is 0.132 e. The van der Waals surface area contributed by atoms with Gasteiger partial charge in [0.2, 0.25) is 0 Å². The van der Waals surface area contributed by atoms with Crippen molar-refractivity contribution in [3.8, 4) is 11.3 Å². The van der Waals surface area contributed by atoms with Crippen LogP contribution in [0.5, 0.6) is 0 Å². The van der Waals surface area contributed by atoms with Crippen LogP contribution in [-0.2, 0) is 0 Å². The summed E-state index contributed by atoms with van der Waals surface area (Å²) in [5.41, 5.74) is 1.53. The van der Waals surface area contributed by atoms with Gasteiger partial charge in [0.1, 0.15) is 5.82 Å². The highest BCUT2D eigenvalue weighted by Gasteiger charge is 2.07. The maximum absolute atomic E-state index is 13.4.